The van der Waals surface area contributed by atoms with E-state index in [0.717, 1.165) is 26.7 Å². The van der Waals surface area contributed by atoms with Crippen molar-refractivity contribution >= 4 is 51.6 Å². The Kier molecular flexibility index (Phi) is 7.12. The molecule has 0 bridgehead atoms. The van der Waals surface area contributed by atoms with Crippen LogP contribution in [0.15, 0.2) is 65.0 Å². The minimum atomic E-state index is -0.399. The van der Waals surface area contributed by atoms with Gasteiger partial charge in [0.05, 0.1) is 33.5 Å². The van der Waals surface area contributed by atoms with Gasteiger partial charge in [0.2, 0.25) is 11.8 Å². The lowest BCUT2D eigenvalue weighted by Crippen LogP contribution is -2.14. The Morgan fingerprint density at radius 3 is 2.58 bits per heavy atom. The van der Waals surface area contributed by atoms with Crippen LogP contribution < -0.4 is 11.1 Å². The Morgan fingerprint density at radius 2 is 1.88 bits per heavy atom. The highest BCUT2D eigenvalue weighted by Crippen LogP contribution is 2.32. The van der Waals surface area contributed by atoms with E-state index in [4.69, 9.17) is 22.4 Å². The zero-order valence-corrected chi connectivity index (χ0v) is 20.0. The van der Waals surface area contributed by atoms with Crippen LogP contribution in [-0.4, -0.2) is 32.3 Å². The molecule has 2 aromatic heterocycles. The number of aromatic nitrogens is 3. The van der Waals surface area contributed by atoms with Gasteiger partial charge in [-0.2, -0.15) is 5.10 Å². The average Bonchev–Trinajstić information content (AvgIpc) is 3.36. The number of halogens is 1. The third-order valence-electron chi connectivity index (χ3n) is 4.63. The van der Waals surface area contributed by atoms with Crippen molar-refractivity contribution < 1.29 is 9.59 Å². The second-order valence-electron chi connectivity index (χ2n) is 7.16. The molecule has 0 aliphatic rings. The monoisotopic (exact) mass is 497 g/mol. The smallest absolute Gasteiger partial charge is 0.230 e. The molecule has 4 rings (SSSR count). The molecule has 0 aliphatic heterocycles. The summed E-state index contributed by atoms with van der Waals surface area (Å²) >= 11 is 8.68. The Morgan fingerprint density at radius 1 is 1.15 bits per heavy atom. The van der Waals surface area contributed by atoms with Crippen LogP contribution in [0.1, 0.15) is 11.3 Å². The van der Waals surface area contributed by atoms with E-state index < -0.39 is 5.91 Å². The molecular formula is C23H20ClN5O2S2. The van der Waals surface area contributed by atoms with E-state index in [1.54, 1.807) is 16.8 Å². The van der Waals surface area contributed by atoms with Gasteiger partial charge in [-0.15, -0.1) is 11.8 Å². The number of para-hydroxylation sites is 1. The first-order chi connectivity index (χ1) is 15.9. The summed E-state index contributed by atoms with van der Waals surface area (Å²) in [6, 6.07) is 17.1. The fourth-order valence-electron chi connectivity index (χ4n) is 3.15. The van der Waals surface area contributed by atoms with Crippen LogP contribution in [-0.2, 0) is 16.0 Å². The van der Waals surface area contributed by atoms with E-state index in [1.165, 1.54) is 23.1 Å². The molecule has 2 amide bonds. The van der Waals surface area contributed by atoms with Crippen LogP contribution in [0.2, 0.25) is 5.02 Å². The van der Waals surface area contributed by atoms with Crippen molar-refractivity contribution in [3.8, 4) is 16.9 Å². The number of nitrogens with two attached hydrogens (primary N) is 1. The second-order valence-corrected chi connectivity index (χ2v) is 9.84. The van der Waals surface area contributed by atoms with E-state index in [-0.39, 0.29) is 18.1 Å². The van der Waals surface area contributed by atoms with Gasteiger partial charge in [0.25, 0.3) is 0 Å². The SMILES string of the molecule is Cc1nc(NC(=O)Cc2cn(-c3ccccc3)nc2-c2ccc(Cl)cc2)sc1SCC(N)=O. The second kappa shape index (κ2) is 10.2. The van der Waals surface area contributed by atoms with E-state index in [0.29, 0.717) is 15.8 Å². The molecule has 7 nitrogen and oxygen atoms in total. The predicted molar refractivity (Wildman–Crippen MR) is 133 cm³/mol. The molecule has 168 valence electrons. The van der Waals surface area contributed by atoms with E-state index >= 15 is 0 Å². The van der Waals surface area contributed by atoms with Gasteiger partial charge in [-0.25, -0.2) is 9.67 Å². The molecule has 0 aliphatic carbocycles. The van der Waals surface area contributed by atoms with Gasteiger partial charge in [0, 0.05) is 22.3 Å². The fraction of sp³-hybridized carbons (Fsp3) is 0.130. The fourth-order valence-corrected chi connectivity index (χ4v) is 5.17. The summed E-state index contributed by atoms with van der Waals surface area (Å²) < 4.78 is 2.61. The summed E-state index contributed by atoms with van der Waals surface area (Å²) in [5, 5.41) is 8.70. The summed E-state index contributed by atoms with van der Waals surface area (Å²) in [7, 11) is 0. The molecule has 3 N–H and O–H groups in total. The number of thiazole rings is 1. The number of benzene rings is 2. The number of amides is 2. The highest BCUT2D eigenvalue weighted by Gasteiger charge is 2.17. The Labute approximate surface area is 204 Å². The summed E-state index contributed by atoms with van der Waals surface area (Å²) in [6.45, 7) is 1.83. The molecule has 2 aromatic carbocycles. The molecule has 0 atom stereocenters. The number of nitrogens with one attached hydrogen (secondary N) is 1. The van der Waals surface area contributed by atoms with Crippen LogP contribution in [0.4, 0.5) is 5.13 Å². The normalized spacial score (nSPS) is 10.8. The first-order valence-corrected chi connectivity index (χ1v) is 12.2. The van der Waals surface area contributed by atoms with Gasteiger partial charge in [-0.1, -0.05) is 53.3 Å². The summed E-state index contributed by atoms with van der Waals surface area (Å²) in [5.41, 5.74) is 9.21. The van der Waals surface area contributed by atoms with Crippen LogP contribution in [0.25, 0.3) is 16.9 Å². The van der Waals surface area contributed by atoms with Crippen molar-refractivity contribution in [1.82, 2.24) is 14.8 Å². The van der Waals surface area contributed by atoms with Crippen molar-refractivity contribution in [2.24, 2.45) is 5.73 Å². The quantitative estimate of drug-likeness (QED) is 0.343. The number of anilines is 1. The van der Waals surface area contributed by atoms with Crippen LogP contribution in [0, 0.1) is 6.92 Å². The maximum atomic E-state index is 12.9. The highest BCUT2D eigenvalue weighted by atomic mass is 35.5. The number of nitrogens with zero attached hydrogens (tertiary/aromatic N) is 3. The standard InChI is InChI=1S/C23H20ClN5O2S2/c1-14-22(32-13-19(25)30)33-23(26-14)27-20(31)11-16-12-29(18-5-3-2-4-6-18)28-21(16)15-7-9-17(24)10-8-15/h2-10,12H,11,13H2,1H3,(H2,25,30)(H,26,27,31). The lowest BCUT2D eigenvalue weighted by molar-refractivity contribution is -0.116. The van der Waals surface area contributed by atoms with Crippen molar-refractivity contribution in [3.05, 3.63) is 77.1 Å². The van der Waals surface area contributed by atoms with Gasteiger partial charge in [-0.3, -0.25) is 9.59 Å². The summed E-state index contributed by atoms with van der Waals surface area (Å²) in [6.07, 6.45) is 1.98. The molecule has 33 heavy (non-hydrogen) atoms. The summed E-state index contributed by atoms with van der Waals surface area (Å²) in [4.78, 5) is 28.3. The number of hydrogen-bond donors (Lipinski definition) is 2. The van der Waals surface area contributed by atoms with Gasteiger partial charge >= 0.3 is 0 Å². The molecule has 0 spiro atoms. The molecule has 0 unspecified atom stereocenters. The zero-order valence-electron chi connectivity index (χ0n) is 17.6. The van der Waals surface area contributed by atoms with E-state index in [9.17, 15) is 9.59 Å². The third kappa shape index (κ3) is 5.81. The number of carbonyl (C=O) groups is 2. The van der Waals surface area contributed by atoms with Gasteiger partial charge in [0.15, 0.2) is 5.13 Å². The summed E-state index contributed by atoms with van der Waals surface area (Å²) in [5.74, 6) is -0.443. The first kappa shape index (κ1) is 23.0. The molecule has 0 saturated carbocycles. The molecule has 2 heterocycles. The maximum Gasteiger partial charge on any atom is 0.230 e. The lowest BCUT2D eigenvalue weighted by Gasteiger charge is -2.03. The predicted octanol–water partition coefficient (Wildman–Crippen LogP) is 4.72. The Balaban J connectivity index is 1.57. The van der Waals surface area contributed by atoms with Crippen molar-refractivity contribution in [2.75, 3.05) is 11.1 Å². The first-order valence-electron chi connectivity index (χ1n) is 9.97. The van der Waals surface area contributed by atoms with Gasteiger partial charge < -0.3 is 11.1 Å². The number of rotatable bonds is 8. The van der Waals surface area contributed by atoms with Crippen LogP contribution >= 0.6 is 34.7 Å². The van der Waals surface area contributed by atoms with Gasteiger partial charge in [0.1, 0.15) is 0 Å². The molecular weight excluding hydrogens is 478 g/mol. The number of thioether (sulfide) groups is 1. The molecule has 0 saturated heterocycles. The molecule has 0 fully saturated rings. The van der Waals surface area contributed by atoms with E-state index in [2.05, 4.69) is 10.3 Å². The number of hydrogen-bond acceptors (Lipinski definition) is 6. The van der Waals surface area contributed by atoms with Crippen molar-refractivity contribution in [1.29, 1.82) is 0 Å². The minimum absolute atomic E-state index is 0.118. The largest absolute Gasteiger partial charge is 0.369 e. The van der Waals surface area contributed by atoms with Crippen LogP contribution in [0.3, 0.4) is 0 Å². The minimum Gasteiger partial charge on any atom is -0.369 e. The zero-order chi connectivity index (χ0) is 23.4. The van der Waals surface area contributed by atoms with Crippen LogP contribution in [0.5, 0.6) is 0 Å². The number of aryl methyl sites for hydroxylation is 1. The Hall–Kier alpha value is -3.14. The molecule has 4 aromatic rings. The Bertz CT molecular complexity index is 1290. The maximum absolute atomic E-state index is 12.9. The molecule has 10 heteroatoms. The lowest BCUT2D eigenvalue weighted by atomic mass is 10.1. The topological polar surface area (TPSA) is 103 Å². The third-order valence-corrected chi connectivity index (χ3v) is 7.33. The molecule has 0 radical (unpaired) electrons. The number of carbonyl (C=O) groups excluding carboxylic acids is 2. The van der Waals surface area contributed by atoms with Gasteiger partial charge in [-0.05, 0) is 31.2 Å². The van der Waals surface area contributed by atoms with E-state index in [1.807, 2.05) is 55.6 Å². The van der Waals surface area contributed by atoms with Crippen molar-refractivity contribution in [3.63, 3.8) is 0 Å². The average molecular weight is 498 g/mol. The highest BCUT2D eigenvalue weighted by molar-refractivity contribution is 8.01. The van der Waals surface area contributed by atoms with Crippen molar-refractivity contribution in [2.45, 2.75) is 17.6 Å². The number of primary amides is 1.